The quantitative estimate of drug-likeness (QED) is 0.775. The van der Waals surface area contributed by atoms with Crippen LogP contribution in [0.4, 0.5) is 4.39 Å². The Morgan fingerprint density at radius 1 is 1.69 bits per heavy atom. The zero-order valence-corrected chi connectivity index (χ0v) is 12.0. The van der Waals surface area contributed by atoms with Crippen molar-refractivity contribution in [3.8, 4) is 0 Å². The number of carbonyl (C=O) groups is 1. The van der Waals surface area contributed by atoms with E-state index in [-0.39, 0.29) is 17.5 Å². The van der Waals surface area contributed by atoms with Gasteiger partial charge in [-0.2, -0.15) is 4.39 Å². The Morgan fingerprint density at radius 3 is 2.81 bits per heavy atom. The molecule has 1 rings (SSSR count). The van der Waals surface area contributed by atoms with Crippen LogP contribution < -0.4 is 0 Å². The third-order valence-electron chi connectivity index (χ3n) is 2.56. The monoisotopic (exact) mass is 356 g/mol. The first-order valence-electron chi connectivity index (χ1n) is 5.21. The van der Waals surface area contributed by atoms with Crippen molar-refractivity contribution < 1.29 is 14.3 Å². The molecule has 0 amide bonds. The summed E-state index contributed by atoms with van der Waals surface area (Å²) in [6.45, 7) is 2.01. The highest BCUT2D eigenvalue weighted by molar-refractivity contribution is 14.1. The van der Waals surface area contributed by atoms with E-state index in [2.05, 4.69) is 22.6 Å². The van der Waals surface area contributed by atoms with Crippen molar-refractivity contribution >= 4 is 39.9 Å². The van der Waals surface area contributed by atoms with Crippen LogP contribution in [0.2, 0.25) is 0 Å². The number of carboxylic acid groups (broad SMARTS) is 1. The van der Waals surface area contributed by atoms with E-state index < -0.39 is 5.97 Å². The van der Waals surface area contributed by atoms with E-state index in [0.29, 0.717) is 6.42 Å². The van der Waals surface area contributed by atoms with Gasteiger partial charge in [0, 0.05) is 12.0 Å². The first kappa shape index (κ1) is 13.9. The summed E-state index contributed by atoms with van der Waals surface area (Å²) in [6.07, 6.45) is 2.37. The van der Waals surface area contributed by atoms with Gasteiger partial charge >= 0.3 is 5.97 Å². The topological polar surface area (TPSA) is 37.3 Å². The average molecular weight is 356 g/mol. The van der Waals surface area contributed by atoms with E-state index in [4.69, 9.17) is 5.11 Å². The SMILES string of the molecule is CCC(CCCC(=O)O)c1cc(I)sc1F. The molecule has 0 aromatic carbocycles. The van der Waals surface area contributed by atoms with E-state index in [1.807, 2.05) is 13.0 Å². The number of aliphatic carboxylic acids is 1. The molecule has 1 N–H and O–H groups in total. The smallest absolute Gasteiger partial charge is 0.303 e. The lowest BCUT2D eigenvalue weighted by Gasteiger charge is -2.12. The molecular weight excluding hydrogens is 342 g/mol. The summed E-state index contributed by atoms with van der Waals surface area (Å²) < 4.78 is 14.5. The van der Waals surface area contributed by atoms with E-state index in [1.165, 1.54) is 0 Å². The molecule has 1 aromatic rings. The third kappa shape index (κ3) is 4.01. The van der Waals surface area contributed by atoms with Gasteiger partial charge in [0.2, 0.25) is 0 Å². The predicted octanol–water partition coefficient (Wildman–Crippen LogP) is 4.24. The number of thiophene rings is 1. The molecule has 2 nitrogen and oxygen atoms in total. The normalized spacial score (nSPS) is 12.7. The molecule has 0 bridgehead atoms. The van der Waals surface area contributed by atoms with E-state index in [0.717, 1.165) is 32.6 Å². The van der Waals surface area contributed by atoms with Crippen molar-refractivity contribution in [3.63, 3.8) is 0 Å². The van der Waals surface area contributed by atoms with Gasteiger partial charge in [0.25, 0.3) is 0 Å². The molecule has 0 spiro atoms. The Kier molecular flexibility index (Phi) is 5.68. The maximum atomic E-state index is 13.5. The summed E-state index contributed by atoms with van der Waals surface area (Å²) in [7, 11) is 0. The standard InChI is InChI=1S/C11H14FIO2S/c1-2-7(4-3-5-10(14)15)8-6-9(13)16-11(8)12/h6-7H,2-5H2,1H3,(H,14,15). The highest BCUT2D eigenvalue weighted by atomic mass is 127. The molecule has 0 aliphatic carbocycles. The molecule has 0 fully saturated rings. The van der Waals surface area contributed by atoms with Crippen LogP contribution in [0.25, 0.3) is 0 Å². The molecule has 0 aliphatic heterocycles. The van der Waals surface area contributed by atoms with Crippen molar-refractivity contribution in [2.75, 3.05) is 0 Å². The molecular formula is C11H14FIO2S. The average Bonchev–Trinajstić information content (AvgIpc) is 2.52. The van der Waals surface area contributed by atoms with Gasteiger partial charge in [0.1, 0.15) is 0 Å². The van der Waals surface area contributed by atoms with Gasteiger partial charge in [-0.1, -0.05) is 18.3 Å². The van der Waals surface area contributed by atoms with Gasteiger partial charge in [-0.05, 0) is 53.8 Å². The number of hydrogen-bond donors (Lipinski definition) is 1. The first-order valence-corrected chi connectivity index (χ1v) is 7.10. The zero-order valence-electron chi connectivity index (χ0n) is 9.00. The van der Waals surface area contributed by atoms with Crippen LogP contribution in [0.3, 0.4) is 0 Å². The van der Waals surface area contributed by atoms with Crippen molar-refractivity contribution in [2.45, 2.75) is 38.5 Å². The summed E-state index contributed by atoms with van der Waals surface area (Å²) in [5.41, 5.74) is 0.752. The lowest BCUT2D eigenvalue weighted by atomic mass is 9.93. The molecule has 1 atom stereocenters. The maximum absolute atomic E-state index is 13.5. The van der Waals surface area contributed by atoms with E-state index >= 15 is 0 Å². The number of carboxylic acids is 1. The summed E-state index contributed by atoms with van der Waals surface area (Å²) in [5, 5.41) is 8.44. The van der Waals surface area contributed by atoms with E-state index in [1.54, 1.807) is 0 Å². The first-order chi connectivity index (χ1) is 7.54. The minimum Gasteiger partial charge on any atom is -0.481 e. The number of halogens is 2. The molecule has 1 aromatic heterocycles. The maximum Gasteiger partial charge on any atom is 0.303 e. The third-order valence-corrected chi connectivity index (χ3v) is 4.26. The van der Waals surface area contributed by atoms with Gasteiger partial charge < -0.3 is 5.11 Å². The Hall–Kier alpha value is -0.170. The lowest BCUT2D eigenvalue weighted by Crippen LogP contribution is -2.01. The van der Waals surface area contributed by atoms with Crippen LogP contribution in [-0.2, 0) is 4.79 Å². The Balaban J connectivity index is 2.60. The van der Waals surface area contributed by atoms with Gasteiger partial charge in [-0.3, -0.25) is 4.79 Å². The van der Waals surface area contributed by atoms with Gasteiger partial charge in [-0.15, -0.1) is 0 Å². The second-order valence-corrected chi connectivity index (χ2v) is 6.57. The highest BCUT2D eigenvalue weighted by Crippen LogP contribution is 2.33. The second-order valence-electron chi connectivity index (χ2n) is 3.67. The number of hydrogen-bond acceptors (Lipinski definition) is 2. The van der Waals surface area contributed by atoms with Crippen LogP contribution in [-0.4, -0.2) is 11.1 Å². The van der Waals surface area contributed by atoms with Crippen LogP contribution >= 0.6 is 33.9 Å². The predicted molar refractivity (Wildman–Crippen MR) is 71.5 cm³/mol. The van der Waals surface area contributed by atoms with Gasteiger partial charge in [-0.25, -0.2) is 0 Å². The van der Waals surface area contributed by atoms with E-state index in [9.17, 15) is 9.18 Å². The molecule has 0 saturated heterocycles. The molecule has 16 heavy (non-hydrogen) atoms. The van der Waals surface area contributed by atoms with Crippen LogP contribution in [0.5, 0.6) is 0 Å². The highest BCUT2D eigenvalue weighted by Gasteiger charge is 2.17. The molecule has 1 heterocycles. The molecule has 90 valence electrons. The molecule has 1 unspecified atom stereocenters. The lowest BCUT2D eigenvalue weighted by molar-refractivity contribution is -0.137. The molecule has 0 radical (unpaired) electrons. The van der Waals surface area contributed by atoms with Gasteiger partial charge in [0.15, 0.2) is 5.13 Å². The minimum atomic E-state index is -0.782. The Morgan fingerprint density at radius 2 is 2.38 bits per heavy atom. The van der Waals surface area contributed by atoms with Crippen molar-refractivity contribution in [1.82, 2.24) is 0 Å². The van der Waals surface area contributed by atoms with Crippen LogP contribution in [0.1, 0.15) is 44.1 Å². The fourth-order valence-electron chi connectivity index (χ4n) is 1.71. The minimum absolute atomic E-state index is 0.119. The second kappa shape index (κ2) is 6.54. The number of rotatable bonds is 6. The van der Waals surface area contributed by atoms with Crippen LogP contribution in [0, 0.1) is 8.01 Å². The fraction of sp³-hybridized carbons (Fsp3) is 0.545. The fourth-order valence-corrected chi connectivity index (χ4v) is 3.33. The molecule has 0 saturated carbocycles. The summed E-state index contributed by atoms with van der Waals surface area (Å²) in [6, 6.07) is 1.87. The van der Waals surface area contributed by atoms with Crippen molar-refractivity contribution in [1.29, 1.82) is 0 Å². The van der Waals surface area contributed by atoms with Crippen LogP contribution in [0.15, 0.2) is 6.07 Å². The zero-order chi connectivity index (χ0) is 12.1. The summed E-state index contributed by atoms with van der Waals surface area (Å²) in [5.74, 6) is -0.630. The molecule has 0 aliphatic rings. The van der Waals surface area contributed by atoms with Crippen molar-refractivity contribution in [3.05, 3.63) is 19.6 Å². The summed E-state index contributed by atoms with van der Waals surface area (Å²) >= 11 is 3.27. The Labute approximate surface area is 112 Å². The van der Waals surface area contributed by atoms with Crippen molar-refractivity contribution in [2.24, 2.45) is 0 Å². The largest absolute Gasteiger partial charge is 0.481 e. The summed E-state index contributed by atoms with van der Waals surface area (Å²) in [4.78, 5) is 10.4. The molecule has 5 heteroatoms. The van der Waals surface area contributed by atoms with Gasteiger partial charge in [0.05, 0.1) is 2.88 Å². The Bertz CT molecular complexity index is 365.